The molecule has 1 aliphatic rings. The highest BCUT2D eigenvalue weighted by Gasteiger charge is 2.36. The summed E-state index contributed by atoms with van der Waals surface area (Å²) in [7, 11) is 1.51. The van der Waals surface area contributed by atoms with Gasteiger partial charge in [0.2, 0.25) is 0 Å². The summed E-state index contributed by atoms with van der Waals surface area (Å²) in [5.41, 5.74) is 0.621. The molecule has 1 atom stereocenters. The van der Waals surface area contributed by atoms with E-state index in [4.69, 9.17) is 9.84 Å². The van der Waals surface area contributed by atoms with Crippen LogP contribution in [0.25, 0.3) is 0 Å². The molecule has 0 heterocycles. The van der Waals surface area contributed by atoms with Crippen LogP contribution < -0.4 is 5.32 Å². The number of benzene rings is 1. The highest BCUT2D eigenvalue weighted by atomic mass is 16.5. The van der Waals surface area contributed by atoms with Crippen LogP contribution in [0.3, 0.4) is 0 Å². The lowest BCUT2D eigenvalue weighted by atomic mass is 10.2. The number of hydrogen-bond donors (Lipinski definition) is 2. The second-order valence-corrected chi connectivity index (χ2v) is 4.37. The molecule has 2 N–H and O–H groups in total. The van der Waals surface area contributed by atoms with Crippen molar-refractivity contribution in [2.75, 3.05) is 12.4 Å². The fourth-order valence-electron chi connectivity index (χ4n) is 1.86. The van der Waals surface area contributed by atoms with Crippen LogP contribution in [0.1, 0.15) is 23.2 Å². The van der Waals surface area contributed by atoms with Crippen molar-refractivity contribution in [2.24, 2.45) is 5.92 Å². The molecule has 0 saturated heterocycles. The summed E-state index contributed by atoms with van der Waals surface area (Å²) in [5.74, 6) is -0.947. The SMILES string of the molecule is COC(C(=O)Nc1cccc(C(=O)O)c1)C1CC1. The van der Waals surface area contributed by atoms with E-state index in [-0.39, 0.29) is 17.4 Å². The zero-order chi connectivity index (χ0) is 13.1. The standard InChI is InChI=1S/C13H15NO4/c1-18-11(8-5-6-8)12(15)14-10-4-2-3-9(7-10)13(16)17/h2-4,7-8,11H,5-6H2,1H3,(H,14,15)(H,16,17). The van der Waals surface area contributed by atoms with E-state index < -0.39 is 12.1 Å². The summed E-state index contributed by atoms with van der Waals surface area (Å²) in [6.07, 6.45) is 1.56. The summed E-state index contributed by atoms with van der Waals surface area (Å²) in [5, 5.41) is 11.5. The summed E-state index contributed by atoms with van der Waals surface area (Å²) < 4.78 is 5.16. The van der Waals surface area contributed by atoms with E-state index in [1.54, 1.807) is 12.1 Å². The molecule has 0 spiro atoms. The molecule has 1 aromatic rings. The number of aromatic carboxylic acids is 1. The van der Waals surface area contributed by atoms with E-state index in [1.807, 2.05) is 0 Å². The van der Waals surface area contributed by atoms with Gasteiger partial charge in [0.1, 0.15) is 6.10 Å². The first kappa shape index (κ1) is 12.6. The van der Waals surface area contributed by atoms with Gasteiger partial charge in [-0.2, -0.15) is 0 Å². The molecule has 0 bridgehead atoms. The molecule has 1 saturated carbocycles. The second-order valence-electron chi connectivity index (χ2n) is 4.37. The number of ether oxygens (including phenoxy) is 1. The van der Waals surface area contributed by atoms with Gasteiger partial charge >= 0.3 is 5.97 Å². The van der Waals surface area contributed by atoms with E-state index in [0.717, 1.165) is 12.8 Å². The van der Waals surface area contributed by atoms with E-state index in [9.17, 15) is 9.59 Å². The van der Waals surface area contributed by atoms with Crippen molar-refractivity contribution >= 4 is 17.6 Å². The minimum Gasteiger partial charge on any atom is -0.478 e. The minimum atomic E-state index is -1.02. The Bertz CT molecular complexity index is 468. The Morgan fingerprint density at radius 2 is 2.17 bits per heavy atom. The number of nitrogens with one attached hydrogen (secondary N) is 1. The molecule has 18 heavy (non-hydrogen) atoms. The molecule has 5 nitrogen and oxygen atoms in total. The molecule has 1 amide bonds. The highest BCUT2D eigenvalue weighted by molar-refractivity contribution is 5.96. The van der Waals surface area contributed by atoms with Crippen molar-refractivity contribution in [1.29, 1.82) is 0 Å². The smallest absolute Gasteiger partial charge is 0.335 e. The Morgan fingerprint density at radius 3 is 2.72 bits per heavy atom. The molecule has 0 radical (unpaired) electrons. The number of rotatable bonds is 5. The van der Waals surface area contributed by atoms with Crippen LogP contribution in [0.5, 0.6) is 0 Å². The van der Waals surface area contributed by atoms with Crippen molar-refractivity contribution < 1.29 is 19.4 Å². The molecule has 1 fully saturated rings. The molecular formula is C13H15NO4. The third-order valence-corrected chi connectivity index (χ3v) is 2.94. The van der Waals surface area contributed by atoms with Gasteiger partial charge in [-0.3, -0.25) is 4.79 Å². The second kappa shape index (κ2) is 5.18. The van der Waals surface area contributed by atoms with E-state index in [2.05, 4.69) is 5.32 Å². The molecule has 1 unspecified atom stereocenters. The van der Waals surface area contributed by atoms with Crippen molar-refractivity contribution in [1.82, 2.24) is 0 Å². The van der Waals surface area contributed by atoms with Gasteiger partial charge in [-0.15, -0.1) is 0 Å². The largest absolute Gasteiger partial charge is 0.478 e. The Morgan fingerprint density at radius 1 is 1.44 bits per heavy atom. The maximum Gasteiger partial charge on any atom is 0.335 e. The van der Waals surface area contributed by atoms with Gasteiger partial charge in [0.05, 0.1) is 5.56 Å². The number of amides is 1. The number of carboxylic acid groups (broad SMARTS) is 1. The Labute approximate surface area is 105 Å². The molecule has 2 rings (SSSR count). The van der Waals surface area contributed by atoms with Crippen molar-refractivity contribution in [2.45, 2.75) is 18.9 Å². The van der Waals surface area contributed by atoms with E-state index in [1.165, 1.54) is 19.2 Å². The predicted molar refractivity (Wildman–Crippen MR) is 65.6 cm³/mol. The fourth-order valence-corrected chi connectivity index (χ4v) is 1.86. The average molecular weight is 249 g/mol. The number of carbonyl (C=O) groups excluding carboxylic acids is 1. The van der Waals surface area contributed by atoms with Gasteiger partial charge in [-0.1, -0.05) is 6.07 Å². The van der Waals surface area contributed by atoms with Crippen molar-refractivity contribution in [3.8, 4) is 0 Å². The maximum atomic E-state index is 11.9. The monoisotopic (exact) mass is 249 g/mol. The van der Waals surface area contributed by atoms with Crippen LogP contribution in [0.15, 0.2) is 24.3 Å². The predicted octanol–water partition coefficient (Wildman–Crippen LogP) is 1.75. The first-order valence-electron chi connectivity index (χ1n) is 5.79. The Hall–Kier alpha value is -1.88. The van der Waals surface area contributed by atoms with Gasteiger partial charge in [-0.25, -0.2) is 4.79 Å². The topological polar surface area (TPSA) is 75.6 Å². The molecule has 5 heteroatoms. The number of methoxy groups -OCH3 is 1. The highest BCUT2D eigenvalue weighted by Crippen LogP contribution is 2.34. The van der Waals surface area contributed by atoms with Crippen LogP contribution in [-0.2, 0) is 9.53 Å². The molecule has 0 aliphatic heterocycles. The zero-order valence-corrected chi connectivity index (χ0v) is 10.1. The lowest BCUT2D eigenvalue weighted by Crippen LogP contribution is -2.31. The Kier molecular flexibility index (Phi) is 3.62. The Balaban J connectivity index is 2.06. The minimum absolute atomic E-state index is 0.146. The molecule has 1 aliphatic carbocycles. The number of carbonyl (C=O) groups is 2. The maximum absolute atomic E-state index is 11.9. The molecule has 96 valence electrons. The first-order chi connectivity index (χ1) is 8.61. The van der Waals surface area contributed by atoms with Crippen LogP contribution in [0.4, 0.5) is 5.69 Å². The normalized spacial score (nSPS) is 16.1. The van der Waals surface area contributed by atoms with Gasteiger partial charge < -0.3 is 15.2 Å². The number of anilines is 1. The van der Waals surface area contributed by atoms with Gasteiger partial charge in [0.15, 0.2) is 0 Å². The first-order valence-corrected chi connectivity index (χ1v) is 5.79. The summed E-state index contributed by atoms with van der Waals surface area (Å²) >= 11 is 0. The quantitative estimate of drug-likeness (QED) is 0.833. The lowest BCUT2D eigenvalue weighted by Gasteiger charge is -2.14. The third-order valence-electron chi connectivity index (χ3n) is 2.94. The van der Waals surface area contributed by atoms with Crippen LogP contribution >= 0.6 is 0 Å². The lowest BCUT2D eigenvalue weighted by molar-refractivity contribution is -0.126. The van der Waals surface area contributed by atoms with Gasteiger partial charge in [-0.05, 0) is 37.0 Å². The van der Waals surface area contributed by atoms with Crippen LogP contribution in [0, 0.1) is 5.92 Å². The van der Waals surface area contributed by atoms with Gasteiger partial charge in [0, 0.05) is 12.8 Å². The van der Waals surface area contributed by atoms with E-state index >= 15 is 0 Å². The average Bonchev–Trinajstić information content (AvgIpc) is 3.14. The molecule has 1 aromatic carbocycles. The molecule has 0 aromatic heterocycles. The van der Waals surface area contributed by atoms with Gasteiger partial charge in [0.25, 0.3) is 5.91 Å². The van der Waals surface area contributed by atoms with Crippen LogP contribution in [0.2, 0.25) is 0 Å². The fraction of sp³-hybridized carbons (Fsp3) is 0.385. The van der Waals surface area contributed by atoms with Crippen LogP contribution in [-0.4, -0.2) is 30.2 Å². The molecular weight excluding hydrogens is 234 g/mol. The third kappa shape index (κ3) is 2.87. The number of carboxylic acids is 1. The van der Waals surface area contributed by atoms with Crippen molar-refractivity contribution in [3.05, 3.63) is 29.8 Å². The van der Waals surface area contributed by atoms with E-state index in [0.29, 0.717) is 5.69 Å². The summed E-state index contributed by atoms with van der Waals surface area (Å²) in [6.45, 7) is 0. The van der Waals surface area contributed by atoms with Crippen molar-refractivity contribution in [3.63, 3.8) is 0 Å². The zero-order valence-electron chi connectivity index (χ0n) is 10.1. The summed E-state index contributed by atoms with van der Waals surface area (Å²) in [6, 6.07) is 6.16. The summed E-state index contributed by atoms with van der Waals surface area (Å²) in [4.78, 5) is 22.7. The number of hydrogen-bond acceptors (Lipinski definition) is 3.